The largest absolute Gasteiger partial charge is 0.435 e. The Morgan fingerprint density at radius 3 is 2.37 bits per heavy atom. The molecule has 0 spiro atoms. The molecule has 0 fully saturated rings. The first-order valence-corrected chi connectivity index (χ1v) is 5.82. The van der Waals surface area contributed by atoms with E-state index in [1.807, 2.05) is 0 Å². The molecule has 0 aliphatic heterocycles. The maximum Gasteiger partial charge on any atom is 0.435 e. The van der Waals surface area contributed by atoms with Gasteiger partial charge in [-0.1, -0.05) is 6.58 Å². The van der Waals surface area contributed by atoms with Gasteiger partial charge in [0.1, 0.15) is 0 Å². The van der Waals surface area contributed by atoms with Crippen molar-refractivity contribution in [1.29, 1.82) is 0 Å². The van der Waals surface area contributed by atoms with Gasteiger partial charge in [-0.05, 0) is 25.8 Å². The molecule has 7 heteroatoms. The molecule has 2 nitrogen and oxygen atoms in total. The van der Waals surface area contributed by atoms with E-state index in [0.29, 0.717) is 0 Å². The molecule has 106 valence electrons. The lowest BCUT2D eigenvalue weighted by molar-refractivity contribution is -0.146. The number of aromatic nitrogens is 2. The molecule has 0 bridgehead atoms. The van der Waals surface area contributed by atoms with Crippen LogP contribution < -0.4 is 0 Å². The van der Waals surface area contributed by atoms with Crippen molar-refractivity contribution in [3.8, 4) is 0 Å². The van der Waals surface area contributed by atoms with Crippen molar-refractivity contribution in [1.82, 2.24) is 9.78 Å². The Hall–Kier alpha value is -1.40. The minimum atomic E-state index is -4.90. The molecule has 1 aromatic rings. The van der Waals surface area contributed by atoms with E-state index in [2.05, 4.69) is 11.7 Å². The molecule has 1 aromatic heterocycles. The van der Waals surface area contributed by atoms with Crippen LogP contribution in [-0.2, 0) is 12.1 Å². The Kier molecular flexibility index (Phi) is 2.98. The highest BCUT2D eigenvalue weighted by atomic mass is 19.4. The van der Waals surface area contributed by atoms with E-state index < -0.39 is 35.8 Å². The summed E-state index contributed by atoms with van der Waals surface area (Å²) in [5.41, 5.74) is -2.41. The standard InChI is InChI=1S/C12H13F5N2/c1-6(2)19-9-7(3)4-5-11(13,14)8(9)10(18-19)12(15,16)17/h6H,3-5H2,1-2H3. The number of allylic oxidation sites excluding steroid dienone is 1. The van der Waals surface area contributed by atoms with Crippen LogP contribution in [0.2, 0.25) is 0 Å². The summed E-state index contributed by atoms with van der Waals surface area (Å²) in [6.07, 6.45) is -5.59. The smallest absolute Gasteiger partial charge is 0.262 e. The number of hydrogen-bond acceptors (Lipinski definition) is 1. The Labute approximate surface area is 106 Å². The average Bonchev–Trinajstić information content (AvgIpc) is 2.65. The van der Waals surface area contributed by atoms with Crippen molar-refractivity contribution >= 4 is 5.57 Å². The summed E-state index contributed by atoms with van der Waals surface area (Å²) < 4.78 is 67.3. The molecular formula is C12H13F5N2. The van der Waals surface area contributed by atoms with Crippen LogP contribution in [0.25, 0.3) is 5.57 Å². The van der Waals surface area contributed by atoms with Crippen molar-refractivity contribution < 1.29 is 22.0 Å². The molecule has 1 heterocycles. The molecule has 0 saturated heterocycles. The minimum absolute atomic E-state index is 0.0320. The molecule has 19 heavy (non-hydrogen) atoms. The van der Waals surface area contributed by atoms with Gasteiger partial charge in [-0.2, -0.15) is 18.3 Å². The fourth-order valence-electron chi connectivity index (χ4n) is 2.24. The number of fused-ring (bicyclic) bond motifs is 1. The van der Waals surface area contributed by atoms with Gasteiger partial charge in [0.25, 0.3) is 5.92 Å². The summed E-state index contributed by atoms with van der Waals surface area (Å²) in [4.78, 5) is 0. The van der Waals surface area contributed by atoms with E-state index in [4.69, 9.17) is 0 Å². The highest BCUT2D eigenvalue weighted by Gasteiger charge is 2.50. The molecular weight excluding hydrogens is 267 g/mol. The number of alkyl halides is 5. The van der Waals surface area contributed by atoms with Crippen molar-refractivity contribution in [2.75, 3.05) is 0 Å². The summed E-state index contributed by atoms with van der Waals surface area (Å²) in [6, 6.07) is -0.449. The third-order valence-electron chi connectivity index (χ3n) is 3.11. The van der Waals surface area contributed by atoms with Crippen LogP contribution in [-0.4, -0.2) is 9.78 Å². The molecule has 1 aliphatic rings. The van der Waals surface area contributed by atoms with Gasteiger partial charge in [0.2, 0.25) is 0 Å². The molecule has 2 rings (SSSR count). The van der Waals surface area contributed by atoms with Crippen molar-refractivity contribution in [2.45, 2.75) is 44.8 Å². The van der Waals surface area contributed by atoms with Crippen LogP contribution in [0.5, 0.6) is 0 Å². The average molecular weight is 280 g/mol. The van der Waals surface area contributed by atoms with Gasteiger partial charge in [0.15, 0.2) is 5.69 Å². The molecule has 0 atom stereocenters. The van der Waals surface area contributed by atoms with Gasteiger partial charge in [-0.3, -0.25) is 4.68 Å². The number of rotatable bonds is 1. The fraction of sp³-hybridized carbons (Fsp3) is 0.583. The second kappa shape index (κ2) is 4.05. The maximum atomic E-state index is 13.8. The van der Waals surface area contributed by atoms with Crippen LogP contribution in [0.1, 0.15) is 49.7 Å². The van der Waals surface area contributed by atoms with E-state index in [1.165, 1.54) is 0 Å². The lowest BCUT2D eigenvalue weighted by atomic mass is 9.88. The topological polar surface area (TPSA) is 17.8 Å². The van der Waals surface area contributed by atoms with Crippen LogP contribution >= 0.6 is 0 Å². The molecule has 0 saturated carbocycles. The highest BCUT2D eigenvalue weighted by Crippen LogP contribution is 2.49. The predicted octanol–water partition coefficient (Wildman–Crippen LogP) is 4.38. The zero-order valence-corrected chi connectivity index (χ0v) is 10.5. The van der Waals surface area contributed by atoms with Crippen LogP contribution in [0.15, 0.2) is 6.58 Å². The lowest BCUT2D eigenvalue weighted by Gasteiger charge is -2.26. The predicted molar refractivity (Wildman–Crippen MR) is 59.8 cm³/mol. The number of hydrogen-bond donors (Lipinski definition) is 0. The van der Waals surface area contributed by atoms with Crippen molar-refractivity contribution in [2.24, 2.45) is 0 Å². The molecule has 0 N–H and O–H groups in total. The van der Waals surface area contributed by atoms with E-state index in [0.717, 1.165) is 4.68 Å². The summed E-state index contributed by atoms with van der Waals surface area (Å²) in [7, 11) is 0. The summed E-state index contributed by atoms with van der Waals surface area (Å²) in [6.45, 7) is 6.78. The molecule has 0 amide bonds. The number of nitrogens with zero attached hydrogens (tertiary/aromatic N) is 2. The maximum absolute atomic E-state index is 13.8. The Balaban J connectivity index is 2.80. The Morgan fingerprint density at radius 1 is 1.32 bits per heavy atom. The van der Waals surface area contributed by atoms with Crippen LogP contribution in [0, 0.1) is 0 Å². The first-order chi connectivity index (χ1) is 8.55. The SMILES string of the molecule is C=C1CCC(F)(F)c2c(C(F)(F)F)nn(C(C)C)c21. The quantitative estimate of drug-likeness (QED) is 0.698. The Morgan fingerprint density at radius 2 is 1.89 bits per heavy atom. The minimum Gasteiger partial charge on any atom is -0.262 e. The Bertz CT molecular complexity index is 525. The normalized spacial score (nSPS) is 18.8. The van der Waals surface area contributed by atoms with Gasteiger partial charge in [-0.25, -0.2) is 8.78 Å². The monoisotopic (exact) mass is 280 g/mol. The molecule has 1 aliphatic carbocycles. The van der Waals surface area contributed by atoms with Crippen molar-refractivity contribution in [3.63, 3.8) is 0 Å². The number of halogens is 5. The van der Waals surface area contributed by atoms with Gasteiger partial charge in [0, 0.05) is 12.5 Å². The highest BCUT2D eigenvalue weighted by molar-refractivity contribution is 5.67. The third kappa shape index (κ3) is 2.15. The molecule has 0 unspecified atom stereocenters. The molecule has 0 radical (unpaired) electrons. The van der Waals surface area contributed by atoms with Crippen LogP contribution in [0.3, 0.4) is 0 Å². The van der Waals surface area contributed by atoms with E-state index >= 15 is 0 Å². The lowest BCUT2D eigenvalue weighted by Crippen LogP contribution is -2.24. The second-order valence-electron chi connectivity index (χ2n) is 4.92. The van der Waals surface area contributed by atoms with E-state index in [9.17, 15) is 22.0 Å². The zero-order valence-electron chi connectivity index (χ0n) is 10.5. The summed E-state index contributed by atoms with van der Waals surface area (Å²) in [5.74, 6) is -3.52. The zero-order chi connectivity index (χ0) is 14.6. The first-order valence-electron chi connectivity index (χ1n) is 5.82. The summed E-state index contributed by atoms with van der Waals surface area (Å²) >= 11 is 0. The van der Waals surface area contributed by atoms with Gasteiger partial charge < -0.3 is 0 Å². The first kappa shape index (κ1) is 14.0. The van der Waals surface area contributed by atoms with Gasteiger partial charge >= 0.3 is 6.18 Å². The van der Waals surface area contributed by atoms with Crippen molar-refractivity contribution in [3.05, 3.63) is 23.5 Å². The van der Waals surface area contributed by atoms with Crippen LogP contribution in [0.4, 0.5) is 22.0 Å². The van der Waals surface area contributed by atoms with Gasteiger partial charge in [0.05, 0.1) is 11.3 Å². The van der Waals surface area contributed by atoms with E-state index in [1.54, 1.807) is 13.8 Å². The summed E-state index contributed by atoms with van der Waals surface area (Å²) in [5, 5.41) is 3.36. The van der Waals surface area contributed by atoms with Gasteiger partial charge in [-0.15, -0.1) is 0 Å². The second-order valence-corrected chi connectivity index (χ2v) is 4.92. The fourth-order valence-corrected chi connectivity index (χ4v) is 2.24. The molecule has 0 aromatic carbocycles. The third-order valence-corrected chi connectivity index (χ3v) is 3.11. The van der Waals surface area contributed by atoms with E-state index in [-0.39, 0.29) is 17.7 Å².